The standard InChI is InChI=1S/C21H24N2O3/c1-16-15-23(12-13-26-16)21(25)19(14-17-8-4-2-5-9-17)22-20(24)18-10-6-3-7-11-18/h2-11,16,19H,12-15H2,1H3,(H,22,24). The molecule has 0 bridgehead atoms. The van der Waals surface area contributed by atoms with Gasteiger partial charge in [-0.1, -0.05) is 48.5 Å². The summed E-state index contributed by atoms with van der Waals surface area (Å²) in [6, 6.07) is 18.1. The van der Waals surface area contributed by atoms with Gasteiger partial charge in [0.15, 0.2) is 0 Å². The molecule has 5 heteroatoms. The highest BCUT2D eigenvalue weighted by Crippen LogP contribution is 2.11. The zero-order valence-electron chi connectivity index (χ0n) is 14.9. The lowest BCUT2D eigenvalue weighted by Gasteiger charge is -2.34. The fourth-order valence-corrected chi connectivity index (χ4v) is 3.12. The molecule has 1 aliphatic heterocycles. The number of rotatable bonds is 5. The molecule has 2 atom stereocenters. The van der Waals surface area contributed by atoms with Crippen molar-refractivity contribution in [3.05, 3.63) is 71.8 Å². The Kier molecular flexibility index (Phi) is 6.02. The second-order valence-corrected chi connectivity index (χ2v) is 6.55. The van der Waals surface area contributed by atoms with E-state index >= 15 is 0 Å². The molecule has 1 N–H and O–H groups in total. The Labute approximate surface area is 154 Å². The lowest BCUT2D eigenvalue weighted by Crippen LogP contribution is -2.54. The van der Waals surface area contributed by atoms with E-state index in [1.54, 1.807) is 17.0 Å². The highest BCUT2D eigenvalue weighted by Gasteiger charge is 2.29. The fourth-order valence-electron chi connectivity index (χ4n) is 3.12. The number of hydrogen-bond acceptors (Lipinski definition) is 3. The molecule has 0 spiro atoms. The molecule has 2 amide bonds. The lowest BCUT2D eigenvalue weighted by molar-refractivity contribution is -0.140. The summed E-state index contributed by atoms with van der Waals surface area (Å²) in [5.74, 6) is -0.297. The number of carbonyl (C=O) groups excluding carboxylic acids is 2. The van der Waals surface area contributed by atoms with E-state index < -0.39 is 6.04 Å². The molecule has 2 aromatic rings. The van der Waals surface area contributed by atoms with Gasteiger partial charge in [-0.15, -0.1) is 0 Å². The van der Waals surface area contributed by atoms with E-state index in [1.807, 2.05) is 55.5 Å². The average Bonchev–Trinajstić information content (AvgIpc) is 2.68. The Morgan fingerprint density at radius 2 is 1.77 bits per heavy atom. The van der Waals surface area contributed by atoms with Crippen LogP contribution in [0.25, 0.3) is 0 Å². The summed E-state index contributed by atoms with van der Waals surface area (Å²) in [5.41, 5.74) is 1.56. The molecular formula is C21H24N2O3. The zero-order valence-corrected chi connectivity index (χ0v) is 14.9. The predicted octanol–water partition coefficient (Wildman–Crippen LogP) is 2.28. The number of ether oxygens (including phenoxy) is 1. The monoisotopic (exact) mass is 352 g/mol. The van der Waals surface area contributed by atoms with Crippen LogP contribution < -0.4 is 5.32 Å². The van der Waals surface area contributed by atoms with Crippen LogP contribution in [0.3, 0.4) is 0 Å². The summed E-state index contributed by atoms with van der Waals surface area (Å²) in [5, 5.41) is 2.92. The zero-order chi connectivity index (χ0) is 18.4. The number of morpholine rings is 1. The highest BCUT2D eigenvalue weighted by atomic mass is 16.5. The van der Waals surface area contributed by atoms with Gasteiger partial charge in [-0.25, -0.2) is 0 Å². The number of benzene rings is 2. The molecule has 0 radical (unpaired) electrons. The van der Waals surface area contributed by atoms with Gasteiger partial charge in [0.25, 0.3) is 5.91 Å². The van der Waals surface area contributed by atoms with Gasteiger partial charge in [-0.2, -0.15) is 0 Å². The van der Waals surface area contributed by atoms with Crippen molar-refractivity contribution in [2.45, 2.75) is 25.5 Å². The molecule has 1 saturated heterocycles. The first-order valence-corrected chi connectivity index (χ1v) is 8.93. The van der Waals surface area contributed by atoms with E-state index in [1.165, 1.54) is 0 Å². The largest absolute Gasteiger partial charge is 0.375 e. The molecular weight excluding hydrogens is 328 g/mol. The SMILES string of the molecule is CC1CN(C(=O)C(Cc2ccccc2)NC(=O)c2ccccc2)CCO1. The molecule has 0 aliphatic carbocycles. The Morgan fingerprint density at radius 3 is 2.42 bits per heavy atom. The van der Waals surface area contributed by atoms with Crippen LogP contribution in [-0.2, 0) is 16.0 Å². The fraction of sp³-hybridized carbons (Fsp3) is 0.333. The van der Waals surface area contributed by atoms with Crippen molar-refractivity contribution in [2.75, 3.05) is 19.7 Å². The Hall–Kier alpha value is -2.66. The summed E-state index contributed by atoms with van der Waals surface area (Å²) in [4.78, 5) is 27.4. The van der Waals surface area contributed by atoms with Crippen LogP contribution in [0.1, 0.15) is 22.8 Å². The quantitative estimate of drug-likeness (QED) is 0.898. The minimum Gasteiger partial charge on any atom is -0.375 e. The molecule has 2 unspecified atom stereocenters. The first-order valence-electron chi connectivity index (χ1n) is 8.93. The van der Waals surface area contributed by atoms with Gasteiger partial charge in [0.1, 0.15) is 6.04 Å². The van der Waals surface area contributed by atoms with E-state index in [9.17, 15) is 9.59 Å². The van der Waals surface area contributed by atoms with Gasteiger partial charge in [-0.05, 0) is 24.6 Å². The average molecular weight is 352 g/mol. The van der Waals surface area contributed by atoms with Crippen molar-refractivity contribution in [3.63, 3.8) is 0 Å². The van der Waals surface area contributed by atoms with Crippen molar-refractivity contribution >= 4 is 11.8 Å². The second-order valence-electron chi connectivity index (χ2n) is 6.55. The second kappa shape index (κ2) is 8.63. The van der Waals surface area contributed by atoms with E-state index in [-0.39, 0.29) is 17.9 Å². The number of amides is 2. The molecule has 136 valence electrons. The van der Waals surface area contributed by atoms with Crippen molar-refractivity contribution < 1.29 is 14.3 Å². The van der Waals surface area contributed by atoms with Crippen LogP contribution in [0.15, 0.2) is 60.7 Å². The highest BCUT2D eigenvalue weighted by molar-refractivity contribution is 5.97. The third kappa shape index (κ3) is 4.70. The van der Waals surface area contributed by atoms with Crippen molar-refractivity contribution in [1.29, 1.82) is 0 Å². The Bertz CT molecular complexity index is 733. The van der Waals surface area contributed by atoms with E-state index in [0.29, 0.717) is 31.7 Å². The maximum Gasteiger partial charge on any atom is 0.251 e. The van der Waals surface area contributed by atoms with Gasteiger partial charge in [-0.3, -0.25) is 9.59 Å². The summed E-state index contributed by atoms with van der Waals surface area (Å²) >= 11 is 0. The molecule has 1 heterocycles. The van der Waals surface area contributed by atoms with Crippen LogP contribution >= 0.6 is 0 Å². The smallest absolute Gasteiger partial charge is 0.251 e. The topological polar surface area (TPSA) is 58.6 Å². The van der Waals surface area contributed by atoms with Gasteiger partial charge >= 0.3 is 0 Å². The molecule has 1 fully saturated rings. The maximum absolute atomic E-state index is 13.1. The number of hydrogen-bond donors (Lipinski definition) is 1. The third-order valence-electron chi connectivity index (χ3n) is 4.47. The first-order chi connectivity index (χ1) is 12.6. The van der Waals surface area contributed by atoms with Crippen LogP contribution in [0.4, 0.5) is 0 Å². The van der Waals surface area contributed by atoms with Gasteiger partial charge in [0, 0.05) is 25.1 Å². The van der Waals surface area contributed by atoms with Crippen molar-refractivity contribution in [2.24, 2.45) is 0 Å². The molecule has 0 aromatic heterocycles. The molecule has 0 saturated carbocycles. The van der Waals surface area contributed by atoms with Crippen LogP contribution in [0, 0.1) is 0 Å². The number of nitrogens with zero attached hydrogens (tertiary/aromatic N) is 1. The minimum absolute atomic E-state index is 0.00917. The minimum atomic E-state index is -0.601. The van der Waals surface area contributed by atoms with E-state index in [0.717, 1.165) is 5.56 Å². The van der Waals surface area contributed by atoms with Crippen LogP contribution in [-0.4, -0.2) is 48.6 Å². The summed E-state index contributed by atoms with van der Waals surface area (Å²) in [6.45, 7) is 3.58. The molecule has 1 aliphatic rings. The number of nitrogens with one attached hydrogen (secondary N) is 1. The Balaban J connectivity index is 1.76. The lowest BCUT2D eigenvalue weighted by atomic mass is 10.0. The first kappa shape index (κ1) is 18.1. The molecule has 5 nitrogen and oxygen atoms in total. The van der Waals surface area contributed by atoms with Crippen molar-refractivity contribution in [1.82, 2.24) is 10.2 Å². The van der Waals surface area contributed by atoms with E-state index in [4.69, 9.17) is 4.74 Å². The van der Waals surface area contributed by atoms with Crippen molar-refractivity contribution in [3.8, 4) is 0 Å². The van der Waals surface area contributed by atoms with Gasteiger partial charge in [0.05, 0.1) is 12.7 Å². The molecule has 2 aromatic carbocycles. The summed E-state index contributed by atoms with van der Waals surface area (Å²) in [6.07, 6.45) is 0.471. The summed E-state index contributed by atoms with van der Waals surface area (Å²) < 4.78 is 5.53. The predicted molar refractivity (Wildman–Crippen MR) is 99.8 cm³/mol. The molecule has 3 rings (SSSR count). The van der Waals surface area contributed by atoms with Crippen LogP contribution in [0.2, 0.25) is 0 Å². The third-order valence-corrected chi connectivity index (χ3v) is 4.47. The Morgan fingerprint density at radius 1 is 1.12 bits per heavy atom. The molecule has 26 heavy (non-hydrogen) atoms. The van der Waals surface area contributed by atoms with Gasteiger partial charge in [0.2, 0.25) is 5.91 Å². The maximum atomic E-state index is 13.1. The van der Waals surface area contributed by atoms with Gasteiger partial charge < -0.3 is 15.0 Å². The summed E-state index contributed by atoms with van der Waals surface area (Å²) in [7, 11) is 0. The van der Waals surface area contributed by atoms with E-state index in [2.05, 4.69) is 5.32 Å². The normalized spacial score (nSPS) is 18.2. The number of carbonyl (C=O) groups is 2. The van der Waals surface area contributed by atoms with Crippen LogP contribution in [0.5, 0.6) is 0 Å².